The van der Waals surface area contributed by atoms with Crippen molar-refractivity contribution >= 4 is 29.3 Å². The highest BCUT2D eigenvalue weighted by molar-refractivity contribution is 7.99. The lowest BCUT2D eigenvalue weighted by Gasteiger charge is -2.05. The Hall–Kier alpha value is -1.58. The third-order valence-electron chi connectivity index (χ3n) is 3.00. The zero-order valence-corrected chi connectivity index (χ0v) is 13.5. The Balaban J connectivity index is 2.35. The number of aromatic nitrogens is 5. The number of thioether (sulfide) groups is 1. The highest BCUT2D eigenvalue weighted by Gasteiger charge is 2.21. The zero-order chi connectivity index (χ0) is 15.6. The van der Waals surface area contributed by atoms with Crippen molar-refractivity contribution in [2.75, 3.05) is 5.75 Å². The fourth-order valence-corrected chi connectivity index (χ4v) is 2.81. The van der Waals surface area contributed by atoms with Crippen molar-refractivity contribution in [1.82, 2.24) is 30.0 Å². The molecule has 0 spiro atoms. The van der Waals surface area contributed by atoms with Gasteiger partial charge in [-0.2, -0.15) is 5.10 Å². The number of aryl methyl sites for hydroxylation is 1. The molecule has 0 aliphatic heterocycles. The minimum absolute atomic E-state index is 0.170. The summed E-state index contributed by atoms with van der Waals surface area (Å²) >= 11 is 7.54. The summed E-state index contributed by atoms with van der Waals surface area (Å²) in [4.78, 5) is 11.2. The third-order valence-corrected chi connectivity index (χ3v) is 4.42. The van der Waals surface area contributed by atoms with Crippen molar-refractivity contribution in [1.29, 1.82) is 0 Å². The first-order chi connectivity index (χ1) is 9.99. The van der Waals surface area contributed by atoms with E-state index in [1.54, 1.807) is 4.68 Å². The summed E-state index contributed by atoms with van der Waals surface area (Å²) in [6, 6.07) is 0. The molecule has 0 saturated heterocycles. The number of hydrazine groups is 1. The second-order valence-corrected chi connectivity index (χ2v) is 5.60. The molecule has 10 heteroatoms. The number of hydrogen-bond donors (Lipinski definition) is 2. The Labute approximate surface area is 131 Å². The Morgan fingerprint density at radius 1 is 1.48 bits per heavy atom. The van der Waals surface area contributed by atoms with Gasteiger partial charge in [-0.05, 0) is 13.8 Å². The van der Waals surface area contributed by atoms with Crippen LogP contribution in [-0.2, 0) is 18.4 Å². The molecule has 0 radical (unpaired) electrons. The number of hydrogen-bond acceptors (Lipinski definition) is 6. The van der Waals surface area contributed by atoms with Gasteiger partial charge in [0.1, 0.15) is 5.69 Å². The number of nitrogens with one attached hydrogen (secondary N) is 1. The van der Waals surface area contributed by atoms with Crippen molar-refractivity contribution in [3.05, 3.63) is 10.7 Å². The van der Waals surface area contributed by atoms with E-state index in [0.29, 0.717) is 28.2 Å². The van der Waals surface area contributed by atoms with E-state index in [4.69, 9.17) is 17.4 Å². The summed E-state index contributed by atoms with van der Waals surface area (Å²) in [5.41, 5.74) is 3.52. The summed E-state index contributed by atoms with van der Waals surface area (Å²) in [6.07, 6.45) is 0. The van der Waals surface area contributed by atoms with Crippen molar-refractivity contribution in [2.24, 2.45) is 12.9 Å². The lowest BCUT2D eigenvalue weighted by molar-refractivity contribution is -0.118. The van der Waals surface area contributed by atoms with Crippen LogP contribution < -0.4 is 11.3 Å². The van der Waals surface area contributed by atoms with E-state index in [-0.39, 0.29) is 11.7 Å². The molecule has 0 aliphatic carbocycles. The van der Waals surface area contributed by atoms with Gasteiger partial charge in [0, 0.05) is 13.6 Å². The molecule has 1 amide bonds. The van der Waals surface area contributed by atoms with Gasteiger partial charge in [-0.1, -0.05) is 23.4 Å². The van der Waals surface area contributed by atoms with Gasteiger partial charge in [-0.3, -0.25) is 14.9 Å². The first kappa shape index (κ1) is 15.8. The number of amides is 1. The van der Waals surface area contributed by atoms with Crippen molar-refractivity contribution in [3.63, 3.8) is 0 Å². The molecule has 2 aromatic rings. The van der Waals surface area contributed by atoms with E-state index in [1.165, 1.54) is 11.8 Å². The standard InChI is InChI=1S/C11H16ClN7OS/c1-4-19-10(9-8(12)6(2)18(3)17-9)15-16-11(19)21-5-7(20)14-13/h4-5,13H2,1-3H3,(H,14,20). The molecule has 0 aromatic carbocycles. The van der Waals surface area contributed by atoms with Crippen LogP contribution in [0.4, 0.5) is 0 Å². The van der Waals surface area contributed by atoms with E-state index >= 15 is 0 Å². The molecule has 21 heavy (non-hydrogen) atoms. The van der Waals surface area contributed by atoms with Gasteiger partial charge in [-0.15, -0.1) is 10.2 Å². The number of carbonyl (C=O) groups excluding carboxylic acids is 1. The van der Waals surface area contributed by atoms with Gasteiger partial charge in [0.05, 0.1) is 16.5 Å². The van der Waals surface area contributed by atoms with E-state index < -0.39 is 0 Å². The Morgan fingerprint density at radius 2 is 2.19 bits per heavy atom. The highest BCUT2D eigenvalue weighted by Crippen LogP contribution is 2.30. The monoisotopic (exact) mass is 329 g/mol. The van der Waals surface area contributed by atoms with Crippen molar-refractivity contribution in [3.8, 4) is 11.5 Å². The van der Waals surface area contributed by atoms with Crippen LogP contribution in [0.15, 0.2) is 5.16 Å². The number of nitrogens with two attached hydrogens (primary N) is 1. The maximum absolute atomic E-state index is 11.2. The first-order valence-electron chi connectivity index (χ1n) is 6.24. The van der Waals surface area contributed by atoms with Crippen LogP contribution in [0.3, 0.4) is 0 Å². The molecule has 0 fully saturated rings. The fourth-order valence-electron chi connectivity index (χ4n) is 1.75. The average Bonchev–Trinajstić information content (AvgIpc) is 3.00. The smallest absolute Gasteiger partial charge is 0.244 e. The van der Waals surface area contributed by atoms with E-state index in [9.17, 15) is 4.79 Å². The maximum atomic E-state index is 11.2. The molecule has 2 rings (SSSR count). The normalized spacial score (nSPS) is 10.9. The van der Waals surface area contributed by atoms with Gasteiger partial charge in [0.15, 0.2) is 11.0 Å². The van der Waals surface area contributed by atoms with Crippen LogP contribution in [0.1, 0.15) is 12.6 Å². The van der Waals surface area contributed by atoms with Crippen LogP contribution >= 0.6 is 23.4 Å². The molecule has 0 atom stereocenters. The second kappa shape index (κ2) is 6.46. The molecule has 0 bridgehead atoms. The summed E-state index contributed by atoms with van der Waals surface area (Å²) in [5, 5.41) is 13.8. The number of nitrogens with zero attached hydrogens (tertiary/aromatic N) is 5. The topological polar surface area (TPSA) is 104 Å². The van der Waals surface area contributed by atoms with Crippen LogP contribution in [0.5, 0.6) is 0 Å². The first-order valence-corrected chi connectivity index (χ1v) is 7.60. The molecule has 114 valence electrons. The Bertz CT molecular complexity index is 666. The van der Waals surface area contributed by atoms with Gasteiger partial charge in [-0.25, -0.2) is 5.84 Å². The minimum Gasteiger partial charge on any atom is -0.301 e. The minimum atomic E-state index is -0.279. The molecule has 2 aromatic heterocycles. The second-order valence-electron chi connectivity index (χ2n) is 4.28. The largest absolute Gasteiger partial charge is 0.301 e. The lowest BCUT2D eigenvalue weighted by Crippen LogP contribution is -2.31. The molecule has 3 N–H and O–H groups in total. The SMILES string of the molecule is CCn1c(SCC(=O)NN)nnc1-c1nn(C)c(C)c1Cl. The highest BCUT2D eigenvalue weighted by atomic mass is 35.5. The number of rotatable bonds is 5. The fraction of sp³-hybridized carbons (Fsp3) is 0.455. The van der Waals surface area contributed by atoms with Crippen molar-refractivity contribution < 1.29 is 4.79 Å². The summed E-state index contributed by atoms with van der Waals surface area (Å²) in [7, 11) is 1.82. The van der Waals surface area contributed by atoms with Crippen LogP contribution in [-0.4, -0.2) is 36.2 Å². The number of halogens is 1. The Kier molecular flexibility index (Phi) is 4.86. The maximum Gasteiger partial charge on any atom is 0.244 e. The van der Waals surface area contributed by atoms with Gasteiger partial charge < -0.3 is 4.57 Å². The molecule has 0 unspecified atom stereocenters. The van der Waals surface area contributed by atoms with Crippen LogP contribution in [0.25, 0.3) is 11.5 Å². The molecule has 0 saturated carbocycles. The lowest BCUT2D eigenvalue weighted by atomic mass is 10.3. The van der Waals surface area contributed by atoms with Gasteiger partial charge in [0.2, 0.25) is 5.91 Å². The number of carbonyl (C=O) groups is 1. The zero-order valence-electron chi connectivity index (χ0n) is 11.9. The predicted molar refractivity (Wildman–Crippen MR) is 80.7 cm³/mol. The van der Waals surface area contributed by atoms with E-state index in [2.05, 4.69) is 20.7 Å². The third kappa shape index (κ3) is 3.04. The summed E-state index contributed by atoms with van der Waals surface area (Å²) < 4.78 is 3.56. The van der Waals surface area contributed by atoms with Crippen LogP contribution in [0, 0.1) is 6.92 Å². The average molecular weight is 330 g/mol. The van der Waals surface area contributed by atoms with E-state index in [1.807, 2.05) is 25.5 Å². The van der Waals surface area contributed by atoms with Crippen molar-refractivity contribution in [2.45, 2.75) is 25.5 Å². The molecular weight excluding hydrogens is 314 g/mol. The molecular formula is C11H16ClN7OS. The van der Waals surface area contributed by atoms with Gasteiger partial charge in [0.25, 0.3) is 0 Å². The summed E-state index contributed by atoms with van der Waals surface area (Å²) in [5.74, 6) is 5.53. The molecule has 0 aliphatic rings. The van der Waals surface area contributed by atoms with Crippen LogP contribution in [0.2, 0.25) is 5.02 Å². The predicted octanol–water partition coefficient (Wildman–Crippen LogP) is 0.742. The molecule has 8 nitrogen and oxygen atoms in total. The quantitative estimate of drug-likeness (QED) is 0.363. The van der Waals surface area contributed by atoms with Gasteiger partial charge >= 0.3 is 0 Å². The molecule has 2 heterocycles. The van der Waals surface area contributed by atoms with E-state index in [0.717, 1.165) is 5.69 Å². The Morgan fingerprint density at radius 3 is 2.71 bits per heavy atom. The summed E-state index contributed by atoms with van der Waals surface area (Å²) in [6.45, 7) is 4.48.